The van der Waals surface area contributed by atoms with Crippen LogP contribution in [0.2, 0.25) is 0 Å². The molecule has 166 valence electrons. The first-order valence-electron chi connectivity index (χ1n) is 11.0. The van der Waals surface area contributed by atoms with E-state index in [1.807, 2.05) is 44.2 Å². The molecule has 2 amide bonds. The van der Waals surface area contributed by atoms with Crippen molar-refractivity contribution < 1.29 is 9.59 Å². The van der Waals surface area contributed by atoms with Gasteiger partial charge in [0.1, 0.15) is 0 Å². The molecule has 1 fully saturated rings. The molecule has 2 N–H and O–H groups in total. The number of amides is 2. The fraction of sp³-hybridized carbons (Fsp3) is 0.440. The molecule has 6 heteroatoms. The fourth-order valence-electron chi connectivity index (χ4n) is 3.85. The van der Waals surface area contributed by atoms with E-state index in [2.05, 4.69) is 46.4 Å². The van der Waals surface area contributed by atoms with E-state index in [0.29, 0.717) is 19.0 Å². The van der Waals surface area contributed by atoms with Gasteiger partial charge >= 0.3 is 0 Å². The molecule has 1 aliphatic heterocycles. The molecule has 6 nitrogen and oxygen atoms in total. The number of carbonyl (C=O) groups is 2. The number of anilines is 2. The summed E-state index contributed by atoms with van der Waals surface area (Å²) in [6.07, 6.45) is 0. The minimum Gasteiger partial charge on any atom is -0.325 e. The van der Waals surface area contributed by atoms with E-state index in [9.17, 15) is 9.59 Å². The van der Waals surface area contributed by atoms with Gasteiger partial charge in [-0.1, -0.05) is 44.2 Å². The number of aryl methyl sites for hydroxylation is 2. The van der Waals surface area contributed by atoms with Crippen LogP contribution >= 0.6 is 0 Å². The molecule has 0 bridgehead atoms. The molecule has 3 rings (SSSR count). The Bertz CT molecular complexity index is 880. The first-order chi connectivity index (χ1) is 14.8. The number of rotatable bonds is 7. The van der Waals surface area contributed by atoms with Crippen molar-refractivity contribution in [3.8, 4) is 0 Å². The van der Waals surface area contributed by atoms with Crippen molar-refractivity contribution in [2.24, 2.45) is 0 Å². The number of hydrogen-bond acceptors (Lipinski definition) is 4. The Labute approximate surface area is 185 Å². The largest absolute Gasteiger partial charge is 0.325 e. The zero-order valence-electron chi connectivity index (χ0n) is 19.1. The first kappa shape index (κ1) is 23.0. The van der Waals surface area contributed by atoms with Gasteiger partial charge in [-0.15, -0.1) is 0 Å². The standard InChI is InChI=1S/C25H34N4O2/c1-18(2)21-8-10-22(11-9-21)26-23(30)16-28-12-14-29(15-13-28)17-24(31)27-25-19(3)6-5-7-20(25)4/h5-11,18H,12-17H2,1-4H3,(H,26,30)(H,27,31). The highest BCUT2D eigenvalue weighted by molar-refractivity contribution is 5.94. The molecule has 0 saturated carbocycles. The van der Waals surface area contributed by atoms with Gasteiger partial charge in [-0.25, -0.2) is 0 Å². The van der Waals surface area contributed by atoms with Gasteiger partial charge in [0.2, 0.25) is 11.8 Å². The van der Waals surface area contributed by atoms with Gasteiger partial charge in [0.15, 0.2) is 0 Å². The van der Waals surface area contributed by atoms with Crippen molar-refractivity contribution in [3.63, 3.8) is 0 Å². The predicted molar refractivity (Wildman–Crippen MR) is 127 cm³/mol. The Morgan fingerprint density at radius 3 is 1.77 bits per heavy atom. The maximum Gasteiger partial charge on any atom is 0.238 e. The Kier molecular flexibility index (Phi) is 7.82. The maximum atomic E-state index is 12.5. The van der Waals surface area contributed by atoms with E-state index < -0.39 is 0 Å². The van der Waals surface area contributed by atoms with Crippen LogP contribution in [0.25, 0.3) is 0 Å². The molecule has 0 radical (unpaired) electrons. The van der Waals surface area contributed by atoms with Crippen LogP contribution < -0.4 is 10.6 Å². The molecule has 0 atom stereocenters. The summed E-state index contributed by atoms with van der Waals surface area (Å²) in [4.78, 5) is 29.2. The fourth-order valence-corrected chi connectivity index (χ4v) is 3.85. The summed E-state index contributed by atoms with van der Waals surface area (Å²) in [6.45, 7) is 12.2. The number of benzene rings is 2. The molecule has 0 aromatic heterocycles. The normalized spacial score (nSPS) is 15.1. The van der Waals surface area contributed by atoms with Gasteiger partial charge in [-0.05, 0) is 48.6 Å². The summed E-state index contributed by atoms with van der Waals surface area (Å²) in [6, 6.07) is 14.0. The molecule has 1 heterocycles. The van der Waals surface area contributed by atoms with Crippen LogP contribution in [0, 0.1) is 13.8 Å². The van der Waals surface area contributed by atoms with Crippen molar-refractivity contribution >= 4 is 23.2 Å². The van der Waals surface area contributed by atoms with Crippen molar-refractivity contribution in [1.29, 1.82) is 0 Å². The van der Waals surface area contributed by atoms with Crippen LogP contribution in [0.5, 0.6) is 0 Å². The Hall–Kier alpha value is -2.70. The summed E-state index contributed by atoms with van der Waals surface area (Å²) in [7, 11) is 0. The average Bonchev–Trinajstić information content (AvgIpc) is 2.72. The lowest BCUT2D eigenvalue weighted by molar-refractivity contribution is -0.120. The Balaban J connectivity index is 1.41. The van der Waals surface area contributed by atoms with Gasteiger partial charge in [-0.3, -0.25) is 19.4 Å². The minimum atomic E-state index is -0.00137. The molecule has 1 aliphatic rings. The van der Waals surface area contributed by atoms with Crippen molar-refractivity contribution in [2.75, 3.05) is 49.9 Å². The van der Waals surface area contributed by atoms with Gasteiger partial charge in [0.25, 0.3) is 0 Å². The number of para-hydroxylation sites is 1. The number of hydrogen-bond donors (Lipinski definition) is 2. The zero-order chi connectivity index (χ0) is 22.4. The van der Waals surface area contributed by atoms with E-state index >= 15 is 0 Å². The smallest absolute Gasteiger partial charge is 0.238 e. The zero-order valence-corrected chi connectivity index (χ0v) is 19.1. The summed E-state index contributed by atoms with van der Waals surface area (Å²) < 4.78 is 0. The molecule has 2 aromatic carbocycles. The maximum absolute atomic E-state index is 12.5. The second-order valence-corrected chi connectivity index (χ2v) is 8.69. The van der Waals surface area contributed by atoms with Gasteiger partial charge in [-0.2, -0.15) is 0 Å². The SMILES string of the molecule is Cc1cccc(C)c1NC(=O)CN1CCN(CC(=O)Nc2ccc(C(C)C)cc2)CC1. The van der Waals surface area contributed by atoms with Crippen LogP contribution in [0.3, 0.4) is 0 Å². The van der Waals surface area contributed by atoms with Crippen LogP contribution in [0.4, 0.5) is 11.4 Å². The summed E-state index contributed by atoms with van der Waals surface area (Å²) in [5.41, 5.74) is 5.14. The number of nitrogens with one attached hydrogen (secondary N) is 2. The van der Waals surface area contributed by atoms with Gasteiger partial charge in [0, 0.05) is 37.6 Å². The van der Waals surface area contributed by atoms with Crippen molar-refractivity contribution in [1.82, 2.24) is 9.80 Å². The van der Waals surface area contributed by atoms with Crippen molar-refractivity contribution in [3.05, 3.63) is 59.2 Å². The van der Waals surface area contributed by atoms with Gasteiger partial charge in [0.05, 0.1) is 13.1 Å². The van der Waals surface area contributed by atoms with Gasteiger partial charge < -0.3 is 10.6 Å². The molecule has 1 saturated heterocycles. The number of piperazine rings is 1. The topological polar surface area (TPSA) is 64.7 Å². The molecule has 2 aromatic rings. The second kappa shape index (κ2) is 10.6. The third-order valence-electron chi connectivity index (χ3n) is 5.81. The van der Waals surface area contributed by atoms with Crippen LogP contribution in [-0.4, -0.2) is 60.9 Å². The molecule has 31 heavy (non-hydrogen) atoms. The van der Waals surface area contributed by atoms with E-state index in [4.69, 9.17) is 0 Å². The molecular weight excluding hydrogens is 388 g/mol. The van der Waals surface area contributed by atoms with E-state index in [1.54, 1.807) is 0 Å². The minimum absolute atomic E-state index is 0.00137. The predicted octanol–water partition coefficient (Wildman–Crippen LogP) is 3.62. The highest BCUT2D eigenvalue weighted by Crippen LogP contribution is 2.19. The van der Waals surface area contributed by atoms with Crippen LogP contribution in [0.1, 0.15) is 36.5 Å². The van der Waals surface area contributed by atoms with Crippen LogP contribution in [0.15, 0.2) is 42.5 Å². The van der Waals surface area contributed by atoms with Crippen molar-refractivity contribution in [2.45, 2.75) is 33.6 Å². The third-order valence-corrected chi connectivity index (χ3v) is 5.81. The molecule has 0 spiro atoms. The van der Waals surface area contributed by atoms with Crippen LogP contribution in [-0.2, 0) is 9.59 Å². The lowest BCUT2D eigenvalue weighted by atomic mass is 10.0. The number of carbonyl (C=O) groups excluding carboxylic acids is 2. The van der Waals surface area contributed by atoms with E-state index in [-0.39, 0.29) is 11.8 Å². The highest BCUT2D eigenvalue weighted by atomic mass is 16.2. The monoisotopic (exact) mass is 422 g/mol. The molecule has 0 unspecified atom stereocenters. The Morgan fingerprint density at radius 1 is 0.806 bits per heavy atom. The number of nitrogens with zero attached hydrogens (tertiary/aromatic N) is 2. The van der Waals surface area contributed by atoms with E-state index in [1.165, 1.54) is 5.56 Å². The summed E-state index contributed by atoms with van der Waals surface area (Å²) >= 11 is 0. The molecule has 0 aliphatic carbocycles. The summed E-state index contributed by atoms with van der Waals surface area (Å²) in [5.74, 6) is 0.482. The lowest BCUT2D eigenvalue weighted by Gasteiger charge is -2.33. The summed E-state index contributed by atoms with van der Waals surface area (Å²) in [5, 5.41) is 6.03. The Morgan fingerprint density at radius 2 is 1.29 bits per heavy atom. The third kappa shape index (κ3) is 6.64. The quantitative estimate of drug-likeness (QED) is 0.715. The first-order valence-corrected chi connectivity index (χ1v) is 11.0. The average molecular weight is 423 g/mol. The molecular formula is C25H34N4O2. The lowest BCUT2D eigenvalue weighted by Crippen LogP contribution is -2.50. The highest BCUT2D eigenvalue weighted by Gasteiger charge is 2.21. The second-order valence-electron chi connectivity index (χ2n) is 8.69. The van der Waals surface area contributed by atoms with E-state index in [0.717, 1.165) is 48.7 Å².